The highest BCUT2D eigenvalue weighted by Gasteiger charge is 2.17. The molecule has 28 heavy (non-hydrogen) atoms. The van der Waals surface area contributed by atoms with Gasteiger partial charge in [-0.2, -0.15) is 0 Å². The fraction of sp³-hybridized carbons (Fsp3) is 0.182. The Morgan fingerprint density at radius 3 is 2.50 bits per heavy atom. The van der Waals surface area contributed by atoms with Gasteiger partial charge in [0, 0.05) is 5.56 Å². The Morgan fingerprint density at radius 1 is 1.07 bits per heavy atom. The van der Waals surface area contributed by atoms with Crippen molar-refractivity contribution in [3.63, 3.8) is 0 Å². The second-order valence-electron chi connectivity index (χ2n) is 6.39. The lowest BCUT2D eigenvalue weighted by molar-refractivity contribution is -0.124. The van der Waals surface area contributed by atoms with Crippen molar-refractivity contribution < 1.29 is 23.1 Å². The van der Waals surface area contributed by atoms with Gasteiger partial charge in [-0.05, 0) is 61.4 Å². The van der Waals surface area contributed by atoms with E-state index in [1.54, 1.807) is 18.2 Å². The van der Waals surface area contributed by atoms with Gasteiger partial charge >= 0.3 is 5.97 Å². The third-order valence-electron chi connectivity index (χ3n) is 4.30. The van der Waals surface area contributed by atoms with Crippen LogP contribution in [0.25, 0.3) is 11.3 Å². The molecule has 1 aromatic heterocycles. The van der Waals surface area contributed by atoms with Crippen molar-refractivity contribution in [2.45, 2.75) is 19.9 Å². The normalized spacial score (nSPS) is 11.7. The molecule has 0 aliphatic rings. The van der Waals surface area contributed by atoms with Crippen LogP contribution in [0, 0.1) is 12.7 Å². The molecule has 1 atom stereocenters. The first-order chi connectivity index (χ1) is 13.4. The van der Waals surface area contributed by atoms with Crippen LogP contribution in [-0.4, -0.2) is 18.5 Å². The predicted octanol–water partition coefficient (Wildman–Crippen LogP) is 4.43. The van der Waals surface area contributed by atoms with Crippen molar-refractivity contribution in [3.05, 3.63) is 83.4 Å². The molecule has 144 valence electrons. The summed E-state index contributed by atoms with van der Waals surface area (Å²) in [5.74, 6) is -1.13. The lowest BCUT2D eigenvalue weighted by Crippen LogP contribution is -2.31. The van der Waals surface area contributed by atoms with Gasteiger partial charge in [0.05, 0.1) is 6.04 Å². The van der Waals surface area contributed by atoms with E-state index in [0.717, 1.165) is 11.1 Å². The number of benzene rings is 2. The van der Waals surface area contributed by atoms with E-state index in [0.29, 0.717) is 11.3 Å². The highest BCUT2D eigenvalue weighted by molar-refractivity contribution is 5.89. The van der Waals surface area contributed by atoms with Crippen molar-refractivity contribution in [1.29, 1.82) is 0 Å². The molecule has 3 aromatic rings. The number of amides is 1. The number of furan rings is 1. The van der Waals surface area contributed by atoms with Crippen LogP contribution in [0.5, 0.6) is 0 Å². The number of carbonyl (C=O) groups excluding carboxylic acids is 2. The molecule has 1 amide bonds. The van der Waals surface area contributed by atoms with Crippen molar-refractivity contribution in [2.75, 3.05) is 6.61 Å². The molecule has 0 spiro atoms. The zero-order valence-electron chi connectivity index (χ0n) is 15.6. The van der Waals surface area contributed by atoms with E-state index in [-0.39, 0.29) is 17.6 Å². The maximum Gasteiger partial charge on any atom is 0.374 e. The molecule has 5 nitrogen and oxygen atoms in total. The molecular weight excluding hydrogens is 361 g/mol. The number of aryl methyl sites for hydroxylation is 1. The topological polar surface area (TPSA) is 68.5 Å². The molecule has 0 fully saturated rings. The van der Waals surface area contributed by atoms with Gasteiger partial charge in [0.1, 0.15) is 11.6 Å². The van der Waals surface area contributed by atoms with Crippen molar-refractivity contribution in [2.24, 2.45) is 0 Å². The number of nitrogens with one attached hydrogen (secondary N) is 1. The SMILES string of the molecule is Cc1ccccc1C(C)NC(=O)COC(=O)c1ccc(-c2ccc(F)cc2)o1. The monoisotopic (exact) mass is 381 g/mol. The number of esters is 1. The summed E-state index contributed by atoms with van der Waals surface area (Å²) >= 11 is 0. The molecule has 6 heteroatoms. The molecule has 1 unspecified atom stereocenters. The van der Waals surface area contributed by atoms with Gasteiger partial charge in [-0.25, -0.2) is 9.18 Å². The number of carbonyl (C=O) groups is 2. The second kappa shape index (κ2) is 8.52. The maximum atomic E-state index is 13.0. The van der Waals surface area contributed by atoms with Crippen LogP contribution in [0.3, 0.4) is 0 Å². The van der Waals surface area contributed by atoms with Crippen LogP contribution in [-0.2, 0) is 9.53 Å². The smallest absolute Gasteiger partial charge is 0.374 e. The van der Waals surface area contributed by atoms with E-state index in [4.69, 9.17) is 9.15 Å². The number of halogens is 1. The number of ether oxygens (including phenoxy) is 1. The van der Waals surface area contributed by atoms with Gasteiger partial charge in [0.25, 0.3) is 5.91 Å². The van der Waals surface area contributed by atoms with Gasteiger partial charge in [-0.3, -0.25) is 4.79 Å². The largest absolute Gasteiger partial charge is 0.450 e. The number of hydrogen-bond donors (Lipinski definition) is 1. The molecule has 1 N–H and O–H groups in total. The third-order valence-corrected chi connectivity index (χ3v) is 4.30. The summed E-state index contributed by atoms with van der Waals surface area (Å²) < 4.78 is 23.5. The zero-order valence-corrected chi connectivity index (χ0v) is 15.6. The molecular formula is C22H20FNO4. The van der Waals surface area contributed by atoms with Crippen LogP contribution >= 0.6 is 0 Å². The Labute approximate surface area is 162 Å². The van der Waals surface area contributed by atoms with E-state index >= 15 is 0 Å². The molecule has 0 aliphatic carbocycles. The summed E-state index contributed by atoms with van der Waals surface area (Å²) in [7, 11) is 0. The Bertz CT molecular complexity index is 978. The molecule has 0 radical (unpaired) electrons. The second-order valence-corrected chi connectivity index (χ2v) is 6.39. The maximum absolute atomic E-state index is 13.0. The number of hydrogen-bond acceptors (Lipinski definition) is 4. The molecule has 0 saturated carbocycles. The average Bonchev–Trinajstić information content (AvgIpc) is 3.17. The highest BCUT2D eigenvalue weighted by Crippen LogP contribution is 2.23. The summed E-state index contributed by atoms with van der Waals surface area (Å²) in [6.07, 6.45) is 0. The van der Waals surface area contributed by atoms with Crippen molar-refractivity contribution in [1.82, 2.24) is 5.32 Å². The summed E-state index contributed by atoms with van der Waals surface area (Å²) in [5.41, 5.74) is 2.69. The fourth-order valence-corrected chi connectivity index (χ4v) is 2.85. The van der Waals surface area contributed by atoms with Crippen LogP contribution < -0.4 is 5.32 Å². The first-order valence-corrected chi connectivity index (χ1v) is 8.82. The van der Waals surface area contributed by atoms with Crippen LogP contribution in [0.1, 0.15) is 34.6 Å². The highest BCUT2D eigenvalue weighted by atomic mass is 19.1. The van der Waals surface area contributed by atoms with Crippen molar-refractivity contribution in [3.8, 4) is 11.3 Å². The molecule has 0 bridgehead atoms. The first-order valence-electron chi connectivity index (χ1n) is 8.82. The molecule has 3 rings (SSSR count). The zero-order chi connectivity index (χ0) is 20.1. The van der Waals surface area contributed by atoms with E-state index in [2.05, 4.69) is 5.32 Å². The van der Waals surface area contributed by atoms with Gasteiger partial charge in [-0.15, -0.1) is 0 Å². The molecule has 2 aromatic carbocycles. The minimum absolute atomic E-state index is 0.0286. The predicted molar refractivity (Wildman–Crippen MR) is 102 cm³/mol. The van der Waals surface area contributed by atoms with Crippen LogP contribution in [0.15, 0.2) is 65.1 Å². The van der Waals surface area contributed by atoms with Crippen molar-refractivity contribution >= 4 is 11.9 Å². The van der Waals surface area contributed by atoms with E-state index in [9.17, 15) is 14.0 Å². The molecule has 1 heterocycles. The first kappa shape index (κ1) is 19.4. The standard InChI is InChI=1S/C22H20FNO4/c1-14-5-3-4-6-18(14)15(2)24-21(25)13-27-22(26)20-12-11-19(28-20)16-7-9-17(23)10-8-16/h3-12,15H,13H2,1-2H3,(H,24,25). The fourth-order valence-electron chi connectivity index (χ4n) is 2.85. The Morgan fingerprint density at radius 2 is 1.79 bits per heavy atom. The number of rotatable bonds is 6. The van der Waals surface area contributed by atoms with E-state index < -0.39 is 18.5 Å². The van der Waals surface area contributed by atoms with Crippen LogP contribution in [0.4, 0.5) is 4.39 Å². The van der Waals surface area contributed by atoms with Gasteiger partial charge < -0.3 is 14.5 Å². The van der Waals surface area contributed by atoms with Gasteiger partial charge in [-0.1, -0.05) is 24.3 Å². The molecule has 0 aliphatic heterocycles. The summed E-state index contributed by atoms with van der Waals surface area (Å²) in [6, 6.07) is 16.3. The van der Waals surface area contributed by atoms with Gasteiger partial charge in [0.2, 0.25) is 5.76 Å². The Hall–Kier alpha value is -3.41. The van der Waals surface area contributed by atoms with E-state index in [1.165, 1.54) is 18.2 Å². The lowest BCUT2D eigenvalue weighted by Gasteiger charge is -2.16. The quantitative estimate of drug-likeness (QED) is 0.642. The minimum atomic E-state index is -0.743. The van der Waals surface area contributed by atoms with Crippen LogP contribution in [0.2, 0.25) is 0 Å². The summed E-state index contributed by atoms with van der Waals surface area (Å²) in [5, 5.41) is 2.80. The third kappa shape index (κ3) is 4.65. The Kier molecular flexibility index (Phi) is 5.89. The Balaban J connectivity index is 1.55. The average molecular weight is 381 g/mol. The summed E-state index contributed by atoms with van der Waals surface area (Å²) in [6.45, 7) is 3.42. The van der Waals surface area contributed by atoms with E-state index in [1.807, 2.05) is 38.1 Å². The minimum Gasteiger partial charge on any atom is -0.450 e. The molecule has 0 saturated heterocycles. The lowest BCUT2D eigenvalue weighted by atomic mass is 10.0. The summed E-state index contributed by atoms with van der Waals surface area (Å²) in [4.78, 5) is 24.2. The van der Waals surface area contributed by atoms with Gasteiger partial charge in [0.15, 0.2) is 6.61 Å².